The number of likely N-dealkylation sites (tertiary alicyclic amines) is 1. The second-order valence-electron chi connectivity index (χ2n) is 6.82. The molecule has 5 heteroatoms. The highest BCUT2D eigenvalue weighted by Crippen LogP contribution is 2.25. The van der Waals surface area contributed by atoms with Crippen molar-refractivity contribution in [2.24, 2.45) is 11.7 Å². The first kappa shape index (κ1) is 18.4. The summed E-state index contributed by atoms with van der Waals surface area (Å²) in [7, 11) is 0. The minimum Gasteiger partial charge on any atom is -0.457 e. The summed E-state index contributed by atoms with van der Waals surface area (Å²) < 4.78 is 5.82. The van der Waals surface area contributed by atoms with Crippen molar-refractivity contribution in [1.82, 2.24) is 4.90 Å². The van der Waals surface area contributed by atoms with Crippen LogP contribution < -0.4 is 10.5 Å². The van der Waals surface area contributed by atoms with Crippen molar-refractivity contribution in [1.29, 1.82) is 0 Å². The molecule has 0 aliphatic carbocycles. The Morgan fingerprint density at radius 2 is 1.69 bits per heavy atom. The van der Waals surface area contributed by atoms with Gasteiger partial charge in [0.2, 0.25) is 5.91 Å². The van der Waals surface area contributed by atoms with Gasteiger partial charge in [-0.15, -0.1) is 0 Å². The molecule has 1 saturated heterocycles. The van der Waals surface area contributed by atoms with Crippen LogP contribution in [0.2, 0.25) is 0 Å². The molecule has 1 amide bonds. The van der Waals surface area contributed by atoms with Gasteiger partial charge in [0.25, 0.3) is 0 Å². The van der Waals surface area contributed by atoms with Gasteiger partial charge in [-0.3, -0.25) is 4.79 Å². The summed E-state index contributed by atoms with van der Waals surface area (Å²) in [5.41, 5.74) is 6.90. The van der Waals surface area contributed by atoms with E-state index in [1.807, 2.05) is 42.5 Å². The zero-order valence-electron chi connectivity index (χ0n) is 14.9. The molecule has 3 N–H and O–H groups in total. The van der Waals surface area contributed by atoms with Gasteiger partial charge >= 0.3 is 0 Å². The number of hydrogen-bond acceptors (Lipinski definition) is 4. The number of amides is 1. The summed E-state index contributed by atoms with van der Waals surface area (Å²) in [4.78, 5) is 13.8. The highest BCUT2D eigenvalue weighted by molar-refractivity contribution is 5.81. The Kier molecular flexibility index (Phi) is 6.26. The average Bonchev–Trinajstić information content (AvgIpc) is 2.70. The number of aliphatic hydroxyl groups is 1. The number of nitrogens with two attached hydrogens (primary N) is 1. The SMILES string of the molecule is N[C@H](CO)C(=O)N1CCC(Cc2ccc(Oc3ccccc3)cc2)CC1. The normalized spacial score (nSPS) is 16.3. The summed E-state index contributed by atoms with van der Waals surface area (Å²) in [5.74, 6) is 2.08. The number of ether oxygens (including phenoxy) is 1. The Balaban J connectivity index is 1.49. The minimum absolute atomic E-state index is 0.145. The van der Waals surface area contributed by atoms with Crippen LogP contribution in [0.1, 0.15) is 18.4 Å². The van der Waals surface area contributed by atoms with Crippen LogP contribution in [0, 0.1) is 5.92 Å². The predicted octanol–water partition coefficient (Wildman–Crippen LogP) is 2.58. The van der Waals surface area contributed by atoms with Crippen LogP contribution in [0.3, 0.4) is 0 Å². The molecule has 3 rings (SSSR count). The van der Waals surface area contributed by atoms with Crippen LogP contribution >= 0.6 is 0 Å². The number of aliphatic hydroxyl groups excluding tert-OH is 1. The number of carbonyl (C=O) groups excluding carboxylic acids is 1. The number of hydrogen-bond donors (Lipinski definition) is 2. The molecule has 138 valence electrons. The highest BCUT2D eigenvalue weighted by atomic mass is 16.5. The first-order chi connectivity index (χ1) is 12.7. The molecule has 0 aromatic heterocycles. The third kappa shape index (κ3) is 4.84. The zero-order chi connectivity index (χ0) is 18.4. The molecule has 0 bridgehead atoms. The lowest BCUT2D eigenvalue weighted by Crippen LogP contribution is -2.48. The lowest BCUT2D eigenvalue weighted by atomic mass is 9.90. The number of piperidine rings is 1. The van der Waals surface area contributed by atoms with Crippen molar-refractivity contribution in [2.75, 3.05) is 19.7 Å². The molecule has 1 fully saturated rings. The second kappa shape index (κ2) is 8.83. The van der Waals surface area contributed by atoms with Crippen LogP contribution in [0.25, 0.3) is 0 Å². The van der Waals surface area contributed by atoms with Crippen molar-refractivity contribution in [2.45, 2.75) is 25.3 Å². The Bertz CT molecular complexity index is 695. The van der Waals surface area contributed by atoms with E-state index in [2.05, 4.69) is 12.1 Å². The summed E-state index contributed by atoms with van der Waals surface area (Å²) in [6, 6.07) is 17.2. The highest BCUT2D eigenvalue weighted by Gasteiger charge is 2.25. The van der Waals surface area contributed by atoms with Gasteiger partial charge in [0.05, 0.1) is 6.61 Å². The molecule has 5 nitrogen and oxygen atoms in total. The molecule has 0 saturated carbocycles. The van der Waals surface area contributed by atoms with E-state index in [-0.39, 0.29) is 12.5 Å². The van der Waals surface area contributed by atoms with Gasteiger partial charge in [-0.2, -0.15) is 0 Å². The number of nitrogens with zero attached hydrogens (tertiary/aromatic N) is 1. The van der Waals surface area contributed by atoms with Crippen LogP contribution in [0.5, 0.6) is 11.5 Å². The maximum absolute atomic E-state index is 12.0. The average molecular weight is 354 g/mol. The van der Waals surface area contributed by atoms with E-state index < -0.39 is 6.04 Å². The smallest absolute Gasteiger partial charge is 0.241 e. The van der Waals surface area contributed by atoms with E-state index in [0.717, 1.165) is 30.8 Å². The van der Waals surface area contributed by atoms with E-state index >= 15 is 0 Å². The zero-order valence-corrected chi connectivity index (χ0v) is 14.9. The fraction of sp³-hybridized carbons (Fsp3) is 0.381. The van der Waals surface area contributed by atoms with Gasteiger partial charge in [0, 0.05) is 13.1 Å². The number of para-hydroxylation sites is 1. The van der Waals surface area contributed by atoms with Gasteiger partial charge in [-0.25, -0.2) is 0 Å². The first-order valence-electron chi connectivity index (χ1n) is 9.13. The van der Waals surface area contributed by atoms with Gasteiger partial charge in [-0.1, -0.05) is 30.3 Å². The molecule has 0 spiro atoms. The first-order valence-corrected chi connectivity index (χ1v) is 9.13. The molecule has 26 heavy (non-hydrogen) atoms. The molecular formula is C21H26N2O3. The van der Waals surface area contributed by atoms with Crippen LogP contribution in [0.15, 0.2) is 54.6 Å². The van der Waals surface area contributed by atoms with Crippen molar-refractivity contribution >= 4 is 5.91 Å². The van der Waals surface area contributed by atoms with Crippen molar-refractivity contribution < 1.29 is 14.6 Å². The molecule has 1 aliphatic heterocycles. The van der Waals surface area contributed by atoms with E-state index in [9.17, 15) is 4.79 Å². The number of benzene rings is 2. The Hall–Kier alpha value is -2.37. The lowest BCUT2D eigenvalue weighted by molar-refractivity contribution is -0.134. The van der Waals surface area contributed by atoms with E-state index in [1.165, 1.54) is 5.56 Å². The molecule has 1 heterocycles. The summed E-state index contributed by atoms with van der Waals surface area (Å²) >= 11 is 0. The maximum atomic E-state index is 12.0. The summed E-state index contributed by atoms with van der Waals surface area (Å²) in [6.07, 6.45) is 2.93. The topological polar surface area (TPSA) is 75.8 Å². The monoisotopic (exact) mass is 354 g/mol. The molecule has 2 aromatic carbocycles. The quantitative estimate of drug-likeness (QED) is 0.836. The predicted molar refractivity (Wildman–Crippen MR) is 101 cm³/mol. The lowest BCUT2D eigenvalue weighted by Gasteiger charge is -2.33. The molecule has 1 atom stereocenters. The molecular weight excluding hydrogens is 328 g/mol. The molecule has 0 unspecified atom stereocenters. The van der Waals surface area contributed by atoms with Crippen molar-refractivity contribution in [3.8, 4) is 11.5 Å². The standard InChI is InChI=1S/C21H26N2O3/c22-20(15-24)21(25)23-12-10-17(11-13-23)14-16-6-8-19(9-7-16)26-18-4-2-1-3-5-18/h1-9,17,20,24H,10-15,22H2/t20-/m1/s1. The number of rotatable bonds is 6. The molecule has 1 aliphatic rings. The maximum Gasteiger partial charge on any atom is 0.241 e. The Morgan fingerprint density at radius 3 is 2.31 bits per heavy atom. The fourth-order valence-corrected chi connectivity index (χ4v) is 3.32. The van der Waals surface area contributed by atoms with Gasteiger partial charge < -0.3 is 20.5 Å². The Morgan fingerprint density at radius 1 is 1.08 bits per heavy atom. The van der Waals surface area contributed by atoms with Crippen LogP contribution in [0.4, 0.5) is 0 Å². The third-order valence-corrected chi connectivity index (χ3v) is 4.87. The Labute approximate surface area is 154 Å². The fourth-order valence-electron chi connectivity index (χ4n) is 3.32. The number of carbonyl (C=O) groups is 1. The third-order valence-electron chi connectivity index (χ3n) is 4.87. The van der Waals surface area contributed by atoms with E-state index in [4.69, 9.17) is 15.6 Å². The largest absolute Gasteiger partial charge is 0.457 e. The minimum atomic E-state index is -0.788. The van der Waals surface area contributed by atoms with Crippen molar-refractivity contribution in [3.63, 3.8) is 0 Å². The van der Waals surface area contributed by atoms with Gasteiger partial charge in [-0.05, 0) is 55.0 Å². The molecule has 2 aromatic rings. The van der Waals surface area contributed by atoms with Crippen LogP contribution in [-0.4, -0.2) is 41.7 Å². The van der Waals surface area contributed by atoms with Gasteiger partial charge in [0.1, 0.15) is 17.5 Å². The van der Waals surface area contributed by atoms with Crippen LogP contribution in [-0.2, 0) is 11.2 Å². The summed E-state index contributed by atoms with van der Waals surface area (Å²) in [6.45, 7) is 1.13. The van der Waals surface area contributed by atoms with E-state index in [0.29, 0.717) is 19.0 Å². The van der Waals surface area contributed by atoms with Gasteiger partial charge in [0.15, 0.2) is 0 Å². The molecule has 0 radical (unpaired) electrons. The van der Waals surface area contributed by atoms with Crippen molar-refractivity contribution in [3.05, 3.63) is 60.2 Å². The summed E-state index contributed by atoms with van der Waals surface area (Å²) in [5, 5.41) is 9.02. The second-order valence-corrected chi connectivity index (χ2v) is 6.82. The van der Waals surface area contributed by atoms with E-state index in [1.54, 1.807) is 4.90 Å².